The average molecular weight is 361 g/mol. The Hall–Kier alpha value is -3.34. The number of rotatable bonds is 6. The molecular formula is C22H23N3O2. The summed E-state index contributed by atoms with van der Waals surface area (Å²) in [6.45, 7) is 4.82. The molecule has 0 aliphatic carbocycles. The summed E-state index contributed by atoms with van der Waals surface area (Å²) in [6.07, 6.45) is 1.66. The van der Waals surface area contributed by atoms with Gasteiger partial charge in [-0.25, -0.2) is 0 Å². The molecule has 3 rings (SSSR count). The van der Waals surface area contributed by atoms with E-state index in [9.17, 15) is 4.79 Å². The minimum Gasteiger partial charge on any atom is -0.495 e. The fraction of sp³-hybridized carbons (Fsp3) is 0.182. The molecule has 0 bridgehead atoms. The van der Waals surface area contributed by atoms with Gasteiger partial charge in [0.1, 0.15) is 11.4 Å². The molecule has 2 aromatic carbocycles. The number of aryl methyl sites for hydroxylation is 1. The first-order valence-electron chi connectivity index (χ1n) is 8.87. The Morgan fingerprint density at radius 2 is 1.85 bits per heavy atom. The molecule has 1 amide bonds. The number of amides is 1. The summed E-state index contributed by atoms with van der Waals surface area (Å²) in [7, 11) is 1.58. The maximum atomic E-state index is 12.7. The van der Waals surface area contributed by atoms with Gasteiger partial charge in [0, 0.05) is 24.1 Å². The number of carbonyl (C=O) groups is 1. The molecular weight excluding hydrogens is 338 g/mol. The molecule has 5 heteroatoms. The molecule has 0 saturated heterocycles. The summed E-state index contributed by atoms with van der Waals surface area (Å²) in [6, 6.07) is 19.4. The Morgan fingerprint density at radius 1 is 1.07 bits per heavy atom. The lowest BCUT2D eigenvalue weighted by atomic mass is 10.2. The smallest absolute Gasteiger partial charge is 0.274 e. The van der Waals surface area contributed by atoms with Crippen LogP contribution in [0.2, 0.25) is 0 Å². The van der Waals surface area contributed by atoms with Gasteiger partial charge in [0.2, 0.25) is 0 Å². The predicted molar refractivity (Wildman–Crippen MR) is 109 cm³/mol. The number of para-hydroxylation sites is 1. The SMILES string of the molecule is CCN(c1ccccc1)c1ccnc(C(=O)Nc2cc(C)ccc2OC)c1. The molecule has 27 heavy (non-hydrogen) atoms. The number of benzene rings is 2. The third-order valence-electron chi connectivity index (χ3n) is 4.28. The normalized spacial score (nSPS) is 10.3. The van der Waals surface area contributed by atoms with Crippen LogP contribution in [0.5, 0.6) is 5.75 Å². The van der Waals surface area contributed by atoms with Gasteiger partial charge in [0.15, 0.2) is 0 Å². The van der Waals surface area contributed by atoms with Gasteiger partial charge >= 0.3 is 0 Å². The van der Waals surface area contributed by atoms with Gasteiger partial charge in [0.25, 0.3) is 5.91 Å². The van der Waals surface area contributed by atoms with Crippen molar-refractivity contribution < 1.29 is 9.53 Å². The van der Waals surface area contributed by atoms with Crippen LogP contribution >= 0.6 is 0 Å². The van der Waals surface area contributed by atoms with E-state index >= 15 is 0 Å². The molecule has 3 aromatic rings. The number of carbonyl (C=O) groups excluding carboxylic acids is 1. The molecule has 5 nitrogen and oxygen atoms in total. The lowest BCUT2D eigenvalue weighted by Crippen LogP contribution is -2.18. The van der Waals surface area contributed by atoms with Crippen molar-refractivity contribution in [3.63, 3.8) is 0 Å². The van der Waals surface area contributed by atoms with E-state index in [1.165, 1.54) is 0 Å². The number of hydrogen-bond donors (Lipinski definition) is 1. The second kappa shape index (κ2) is 8.36. The van der Waals surface area contributed by atoms with Gasteiger partial charge in [-0.15, -0.1) is 0 Å². The zero-order valence-electron chi connectivity index (χ0n) is 15.8. The lowest BCUT2D eigenvalue weighted by molar-refractivity contribution is 0.102. The van der Waals surface area contributed by atoms with Crippen LogP contribution in [0.1, 0.15) is 23.0 Å². The van der Waals surface area contributed by atoms with Gasteiger partial charge in [-0.1, -0.05) is 24.3 Å². The summed E-state index contributed by atoms with van der Waals surface area (Å²) < 4.78 is 5.33. The van der Waals surface area contributed by atoms with Crippen molar-refractivity contribution in [2.24, 2.45) is 0 Å². The molecule has 0 spiro atoms. The van der Waals surface area contributed by atoms with Crippen molar-refractivity contribution >= 4 is 23.0 Å². The predicted octanol–water partition coefficient (Wildman–Crippen LogP) is 4.81. The van der Waals surface area contributed by atoms with Crippen molar-refractivity contribution in [3.05, 3.63) is 78.1 Å². The van der Waals surface area contributed by atoms with Gasteiger partial charge in [-0.3, -0.25) is 9.78 Å². The minimum absolute atomic E-state index is 0.273. The standard InChI is InChI=1S/C22H23N3O2/c1-4-25(17-8-6-5-7-9-17)18-12-13-23-20(15-18)22(26)24-19-14-16(2)10-11-21(19)27-3/h5-15H,4H2,1-3H3,(H,24,26). The molecule has 0 atom stereocenters. The molecule has 0 fully saturated rings. The van der Waals surface area contributed by atoms with Crippen molar-refractivity contribution in [1.29, 1.82) is 0 Å². The van der Waals surface area contributed by atoms with Gasteiger partial charge in [-0.05, 0) is 55.8 Å². The van der Waals surface area contributed by atoms with Crippen molar-refractivity contribution in [2.45, 2.75) is 13.8 Å². The number of nitrogens with zero attached hydrogens (tertiary/aromatic N) is 2. The molecule has 0 radical (unpaired) electrons. The van der Waals surface area contributed by atoms with Gasteiger partial charge in [-0.2, -0.15) is 0 Å². The molecule has 0 aliphatic rings. The molecule has 1 N–H and O–H groups in total. The molecule has 0 aliphatic heterocycles. The first kappa shape index (κ1) is 18.5. The number of anilines is 3. The summed E-state index contributed by atoms with van der Waals surface area (Å²) in [5, 5.41) is 2.90. The van der Waals surface area contributed by atoms with Crippen LogP contribution in [0, 0.1) is 6.92 Å². The molecule has 138 valence electrons. The molecule has 1 heterocycles. The summed E-state index contributed by atoms with van der Waals surface area (Å²) >= 11 is 0. The maximum Gasteiger partial charge on any atom is 0.274 e. The highest BCUT2D eigenvalue weighted by molar-refractivity contribution is 6.04. The number of nitrogens with one attached hydrogen (secondary N) is 1. The van der Waals surface area contributed by atoms with Crippen LogP contribution in [0.15, 0.2) is 66.9 Å². The van der Waals surface area contributed by atoms with Crippen LogP contribution in [-0.4, -0.2) is 24.5 Å². The zero-order chi connectivity index (χ0) is 19.2. The van der Waals surface area contributed by atoms with E-state index in [0.717, 1.165) is 23.5 Å². The van der Waals surface area contributed by atoms with Crippen LogP contribution in [0.4, 0.5) is 17.1 Å². The molecule has 0 saturated carbocycles. The van der Waals surface area contributed by atoms with Gasteiger partial charge in [0.05, 0.1) is 12.8 Å². The maximum absolute atomic E-state index is 12.7. The first-order valence-corrected chi connectivity index (χ1v) is 8.87. The summed E-state index contributed by atoms with van der Waals surface area (Å²) in [5.74, 6) is 0.342. The van der Waals surface area contributed by atoms with Crippen LogP contribution < -0.4 is 15.0 Å². The quantitative estimate of drug-likeness (QED) is 0.685. The first-order chi connectivity index (χ1) is 13.1. The number of methoxy groups -OCH3 is 1. The fourth-order valence-corrected chi connectivity index (χ4v) is 2.94. The molecule has 0 unspecified atom stereocenters. The third-order valence-corrected chi connectivity index (χ3v) is 4.28. The van der Waals surface area contributed by atoms with E-state index in [2.05, 4.69) is 22.1 Å². The lowest BCUT2D eigenvalue weighted by Gasteiger charge is -2.23. The minimum atomic E-state index is -0.273. The van der Waals surface area contributed by atoms with Crippen molar-refractivity contribution in [2.75, 3.05) is 23.9 Å². The Balaban J connectivity index is 1.87. The molecule has 1 aromatic heterocycles. The second-order valence-electron chi connectivity index (χ2n) is 6.14. The summed E-state index contributed by atoms with van der Waals surface area (Å²) in [5.41, 5.74) is 4.00. The highest BCUT2D eigenvalue weighted by atomic mass is 16.5. The summed E-state index contributed by atoms with van der Waals surface area (Å²) in [4.78, 5) is 19.1. The topological polar surface area (TPSA) is 54.5 Å². The number of pyridine rings is 1. The Morgan fingerprint density at radius 3 is 2.56 bits per heavy atom. The number of ether oxygens (including phenoxy) is 1. The van der Waals surface area contributed by atoms with Crippen molar-refractivity contribution in [3.8, 4) is 5.75 Å². The van der Waals surface area contributed by atoms with Crippen molar-refractivity contribution in [1.82, 2.24) is 4.98 Å². The Labute approximate surface area is 159 Å². The zero-order valence-corrected chi connectivity index (χ0v) is 15.8. The van der Waals surface area contributed by atoms with E-state index in [-0.39, 0.29) is 5.91 Å². The highest BCUT2D eigenvalue weighted by Crippen LogP contribution is 2.27. The number of hydrogen-bond acceptors (Lipinski definition) is 4. The Bertz CT molecular complexity index is 926. The van der Waals surface area contributed by atoms with Gasteiger partial charge < -0.3 is 15.0 Å². The average Bonchev–Trinajstić information content (AvgIpc) is 2.70. The van der Waals surface area contributed by atoms with Crippen LogP contribution in [0.25, 0.3) is 0 Å². The second-order valence-corrected chi connectivity index (χ2v) is 6.14. The van der Waals surface area contributed by atoms with Crippen LogP contribution in [0.3, 0.4) is 0 Å². The van der Waals surface area contributed by atoms with E-state index in [4.69, 9.17) is 4.74 Å². The van der Waals surface area contributed by atoms with E-state index in [1.807, 2.05) is 61.5 Å². The Kier molecular flexibility index (Phi) is 5.71. The fourth-order valence-electron chi connectivity index (χ4n) is 2.94. The monoisotopic (exact) mass is 361 g/mol. The highest BCUT2D eigenvalue weighted by Gasteiger charge is 2.14. The van der Waals surface area contributed by atoms with E-state index in [0.29, 0.717) is 17.1 Å². The van der Waals surface area contributed by atoms with E-state index < -0.39 is 0 Å². The number of aromatic nitrogens is 1. The van der Waals surface area contributed by atoms with E-state index in [1.54, 1.807) is 19.4 Å². The third kappa shape index (κ3) is 4.26. The largest absolute Gasteiger partial charge is 0.495 e. The van der Waals surface area contributed by atoms with Crippen LogP contribution in [-0.2, 0) is 0 Å².